The minimum atomic E-state index is -0.599. The predicted octanol–water partition coefficient (Wildman–Crippen LogP) is 3.90. The number of hydrogen-bond acceptors (Lipinski definition) is 4. The first-order valence-electron chi connectivity index (χ1n) is 7.10. The number of nitrogens with zero attached hydrogens (tertiary/aromatic N) is 3. The van der Waals surface area contributed by atoms with Crippen LogP contribution in [0.15, 0.2) is 16.9 Å². The van der Waals surface area contributed by atoms with Crippen molar-refractivity contribution in [2.75, 3.05) is 10.5 Å². The van der Waals surface area contributed by atoms with E-state index in [9.17, 15) is 9.18 Å². The van der Waals surface area contributed by atoms with E-state index in [-0.39, 0.29) is 15.5 Å². The molecule has 0 aliphatic rings. The van der Waals surface area contributed by atoms with Gasteiger partial charge in [0.1, 0.15) is 5.82 Å². The van der Waals surface area contributed by atoms with Crippen molar-refractivity contribution in [1.29, 1.82) is 0 Å². The van der Waals surface area contributed by atoms with E-state index in [4.69, 9.17) is 23.8 Å². The van der Waals surface area contributed by atoms with E-state index in [2.05, 4.69) is 11.6 Å². The molecule has 0 bridgehead atoms. The third-order valence-electron chi connectivity index (χ3n) is 3.45. The Hall–Kier alpha value is -1.25. The SMILES string of the molecule is CCCCSNc1cc(-n2c(=O)n(C)n(C)c2=S)c(F)cc1Cl. The molecule has 1 N–H and O–H groups in total. The van der Waals surface area contributed by atoms with Gasteiger partial charge in [0, 0.05) is 19.8 Å². The zero-order chi connectivity index (χ0) is 17.1. The molecule has 0 atom stereocenters. The normalized spacial score (nSPS) is 11.0. The van der Waals surface area contributed by atoms with Gasteiger partial charge >= 0.3 is 5.69 Å². The molecule has 126 valence electrons. The minimum absolute atomic E-state index is 0.0826. The number of anilines is 1. The van der Waals surface area contributed by atoms with Crippen LogP contribution in [0.1, 0.15) is 19.8 Å². The molecule has 0 aliphatic carbocycles. The lowest BCUT2D eigenvalue weighted by molar-refractivity contribution is 0.573. The molecule has 1 heterocycles. The van der Waals surface area contributed by atoms with E-state index in [1.807, 2.05) is 0 Å². The van der Waals surface area contributed by atoms with Gasteiger partial charge in [-0.05, 0) is 30.8 Å². The van der Waals surface area contributed by atoms with E-state index in [1.54, 1.807) is 14.1 Å². The van der Waals surface area contributed by atoms with Gasteiger partial charge in [-0.3, -0.25) is 4.68 Å². The summed E-state index contributed by atoms with van der Waals surface area (Å²) in [7, 11) is 3.22. The van der Waals surface area contributed by atoms with E-state index in [1.165, 1.54) is 33.4 Å². The van der Waals surface area contributed by atoms with Gasteiger partial charge in [-0.1, -0.05) is 36.9 Å². The van der Waals surface area contributed by atoms with Gasteiger partial charge in [-0.25, -0.2) is 18.4 Å². The van der Waals surface area contributed by atoms with Crippen molar-refractivity contribution >= 4 is 41.5 Å². The molecule has 1 aromatic carbocycles. The summed E-state index contributed by atoms with van der Waals surface area (Å²) >= 11 is 12.8. The topological polar surface area (TPSA) is 43.9 Å². The number of aromatic nitrogens is 3. The number of hydrogen-bond donors (Lipinski definition) is 1. The fourth-order valence-electron chi connectivity index (χ4n) is 1.97. The van der Waals surface area contributed by atoms with E-state index in [0.29, 0.717) is 5.69 Å². The quantitative estimate of drug-likeness (QED) is 0.472. The second-order valence-electron chi connectivity index (χ2n) is 5.04. The first-order valence-corrected chi connectivity index (χ1v) is 8.88. The van der Waals surface area contributed by atoms with Crippen LogP contribution in [-0.4, -0.2) is 19.7 Å². The van der Waals surface area contributed by atoms with Gasteiger partial charge in [0.15, 0.2) is 0 Å². The molecule has 5 nitrogen and oxygen atoms in total. The summed E-state index contributed by atoms with van der Waals surface area (Å²) in [5.74, 6) is 0.310. The standard InChI is InChI=1S/C14H18ClFN4OS2/c1-4-5-6-23-17-11-8-12(10(16)7-9(11)15)20-13(21)18(2)19(3)14(20)22/h7-8,17H,4-6H2,1-3H3. The van der Waals surface area contributed by atoms with Crippen LogP contribution >= 0.6 is 35.8 Å². The molecule has 0 radical (unpaired) electrons. The van der Waals surface area contributed by atoms with Crippen LogP contribution in [0.5, 0.6) is 0 Å². The Kier molecular flexibility index (Phi) is 5.94. The van der Waals surface area contributed by atoms with Crippen LogP contribution in [0.4, 0.5) is 10.1 Å². The molecule has 0 spiro atoms. The summed E-state index contributed by atoms with van der Waals surface area (Å²) in [6.07, 6.45) is 2.15. The van der Waals surface area contributed by atoms with Crippen molar-refractivity contribution in [3.8, 4) is 5.69 Å². The van der Waals surface area contributed by atoms with Crippen molar-refractivity contribution in [1.82, 2.24) is 13.9 Å². The summed E-state index contributed by atoms with van der Waals surface area (Å²) in [4.78, 5) is 12.3. The number of nitrogens with one attached hydrogen (secondary N) is 1. The summed E-state index contributed by atoms with van der Waals surface area (Å²) in [5.41, 5.74) is 0.222. The predicted molar refractivity (Wildman–Crippen MR) is 96.8 cm³/mol. The van der Waals surface area contributed by atoms with Gasteiger partial charge in [0.05, 0.1) is 16.4 Å². The summed E-state index contributed by atoms with van der Waals surface area (Å²) in [6, 6.07) is 2.70. The number of halogens is 2. The zero-order valence-corrected chi connectivity index (χ0v) is 15.5. The minimum Gasteiger partial charge on any atom is -0.328 e. The maximum absolute atomic E-state index is 14.3. The Bertz CT molecular complexity index is 794. The molecule has 0 aliphatic heterocycles. The van der Waals surface area contributed by atoms with Gasteiger partial charge in [-0.2, -0.15) is 0 Å². The Balaban J connectivity index is 2.46. The lowest BCUT2D eigenvalue weighted by Gasteiger charge is -2.11. The highest BCUT2D eigenvalue weighted by Crippen LogP contribution is 2.29. The molecule has 23 heavy (non-hydrogen) atoms. The van der Waals surface area contributed by atoms with Gasteiger partial charge in [0.2, 0.25) is 4.77 Å². The Morgan fingerprint density at radius 3 is 2.61 bits per heavy atom. The second-order valence-corrected chi connectivity index (χ2v) is 6.71. The van der Waals surface area contributed by atoms with E-state index in [0.717, 1.165) is 23.2 Å². The van der Waals surface area contributed by atoms with Gasteiger partial charge in [0.25, 0.3) is 0 Å². The molecule has 2 rings (SSSR count). The lowest BCUT2D eigenvalue weighted by Crippen LogP contribution is -2.23. The van der Waals surface area contributed by atoms with Gasteiger partial charge < -0.3 is 4.72 Å². The molecular formula is C14H18ClFN4OS2. The van der Waals surface area contributed by atoms with E-state index >= 15 is 0 Å². The number of rotatable bonds is 6. The molecule has 0 saturated heterocycles. The molecule has 2 aromatic rings. The fraction of sp³-hybridized carbons (Fsp3) is 0.429. The third kappa shape index (κ3) is 3.64. The van der Waals surface area contributed by atoms with Crippen molar-refractivity contribution in [2.24, 2.45) is 14.1 Å². The summed E-state index contributed by atoms with van der Waals surface area (Å²) in [6.45, 7) is 2.11. The number of benzene rings is 1. The lowest BCUT2D eigenvalue weighted by atomic mass is 10.2. The molecule has 0 saturated carbocycles. The largest absolute Gasteiger partial charge is 0.349 e. The van der Waals surface area contributed by atoms with Crippen LogP contribution in [0.25, 0.3) is 5.69 Å². The van der Waals surface area contributed by atoms with Gasteiger partial charge in [-0.15, -0.1) is 0 Å². The van der Waals surface area contributed by atoms with Crippen LogP contribution < -0.4 is 10.4 Å². The van der Waals surface area contributed by atoms with Crippen molar-refractivity contribution in [2.45, 2.75) is 19.8 Å². The maximum Gasteiger partial charge on any atom is 0.349 e. The molecule has 0 unspecified atom stereocenters. The first-order chi connectivity index (χ1) is 10.9. The van der Waals surface area contributed by atoms with Crippen LogP contribution in [0.3, 0.4) is 0 Å². The van der Waals surface area contributed by atoms with Crippen LogP contribution in [0.2, 0.25) is 5.02 Å². The molecule has 0 fully saturated rings. The Morgan fingerprint density at radius 2 is 2.04 bits per heavy atom. The third-order valence-corrected chi connectivity index (χ3v) is 5.06. The average molecular weight is 377 g/mol. The Morgan fingerprint density at radius 1 is 1.35 bits per heavy atom. The average Bonchev–Trinajstić information content (AvgIpc) is 2.70. The highest BCUT2D eigenvalue weighted by molar-refractivity contribution is 8.00. The Labute approximate surface area is 148 Å². The smallest absolute Gasteiger partial charge is 0.328 e. The van der Waals surface area contributed by atoms with Crippen molar-refractivity contribution in [3.63, 3.8) is 0 Å². The maximum atomic E-state index is 14.3. The number of unbranched alkanes of at least 4 members (excludes halogenated alkanes) is 1. The highest BCUT2D eigenvalue weighted by Gasteiger charge is 2.16. The van der Waals surface area contributed by atoms with E-state index < -0.39 is 11.5 Å². The molecule has 0 amide bonds. The first kappa shape index (κ1) is 18.1. The van der Waals surface area contributed by atoms with Crippen LogP contribution in [-0.2, 0) is 14.1 Å². The summed E-state index contributed by atoms with van der Waals surface area (Å²) in [5, 5.41) is 0.259. The zero-order valence-electron chi connectivity index (χ0n) is 13.1. The van der Waals surface area contributed by atoms with Crippen LogP contribution in [0, 0.1) is 10.6 Å². The highest BCUT2D eigenvalue weighted by atomic mass is 35.5. The van der Waals surface area contributed by atoms with Crippen molar-refractivity contribution < 1.29 is 4.39 Å². The molecule has 9 heteroatoms. The molecular weight excluding hydrogens is 359 g/mol. The second kappa shape index (κ2) is 7.55. The monoisotopic (exact) mass is 376 g/mol. The van der Waals surface area contributed by atoms with Crippen molar-refractivity contribution in [3.05, 3.63) is 38.2 Å². The summed E-state index contributed by atoms with van der Waals surface area (Å²) < 4.78 is 21.6. The molecule has 1 aromatic heterocycles. The fourth-order valence-corrected chi connectivity index (χ4v) is 3.38.